The molecular weight excluding hydrogens is 282 g/mol. The number of aliphatic carboxylic acids is 1. The van der Waals surface area contributed by atoms with Crippen molar-refractivity contribution in [2.45, 2.75) is 45.6 Å². The van der Waals surface area contributed by atoms with Crippen LogP contribution < -0.4 is 5.32 Å². The Bertz CT molecular complexity index is 449. The van der Waals surface area contributed by atoms with E-state index >= 15 is 0 Å². The van der Waals surface area contributed by atoms with Gasteiger partial charge in [-0.3, -0.25) is 9.59 Å². The van der Waals surface area contributed by atoms with Gasteiger partial charge in [0.1, 0.15) is 5.75 Å². The summed E-state index contributed by atoms with van der Waals surface area (Å²) in [5.74, 6) is -2.10. The summed E-state index contributed by atoms with van der Waals surface area (Å²) >= 11 is 0. The molecule has 2 N–H and O–H groups in total. The third-order valence-electron chi connectivity index (χ3n) is 3.38. The molecule has 20 heavy (non-hydrogen) atoms. The first-order valence-corrected chi connectivity index (χ1v) is 8.74. The molecule has 0 atom stereocenters. The third kappa shape index (κ3) is 5.90. The number of sulfone groups is 1. The molecule has 1 fully saturated rings. The summed E-state index contributed by atoms with van der Waals surface area (Å²) in [5.41, 5.74) is 0. The van der Waals surface area contributed by atoms with Crippen LogP contribution in [-0.4, -0.2) is 42.9 Å². The fraction of sp³-hybridized carbons (Fsp3) is 0.846. The van der Waals surface area contributed by atoms with Crippen LogP contribution in [-0.2, 0) is 19.4 Å². The van der Waals surface area contributed by atoms with Crippen molar-refractivity contribution in [3.05, 3.63) is 0 Å². The van der Waals surface area contributed by atoms with Gasteiger partial charge in [-0.05, 0) is 31.6 Å². The molecule has 0 aromatic heterocycles. The second-order valence-corrected chi connectivity index (χ2v) is 8.01. The van der Waals surface area contributed by atoms with Gasteiger partial charge in [0.05, 0.1) is 11.7 Å². The topological polar surface area (TPSA) is 101 Å². The smallest absolute Gasteiger partial charge is 0.306 e. The van der Waals surface area contributed by atoms with Crippen LogP contribution in [0, 0.1) is 11.8 Å². The molecule has 0 aromatic rings. The van der Waals surface area contributed by atoms with Crippen molar-refractivity contribution in [2.24, 2.45) is 11.8 Å². The van der Waals surface area contributed by atoms with Crippen molar-refractivity contribution in [2.75, 3.05) is 11.5 Å². The predicted molar refractivity (Wildman–Crippen MR) is 75.0 cm³/mol. The van der Waals surface area contributed by atoms with E-state index < -0.39 is 27.5 Å². The Morgan fingerprint density at radius 3 is 2.20 bits per heavy atom. The van der Waals surface area contributed by atoms with Gasteiger partial charge in [-0.15, -0.1) is 0 Å². The summed E-state index contributed by atoms with van der Waals surface area (Å²) in [5, 5.41) is 11.6. The molecule has 0 aliphatic heterocycles. The largest absolute Gasteiger partial charge is 0.481 e. The first-order chi connectivity index (χ1) is 9.19. The summed E-state index contributed by atoms with van der Waals surface area (Å²) in [6, 6.07) is -0.104. The summed E-state index contributed by atoms with van der Waals surface area (Å²) < 4.78 is 23.4. The van der Waals surface area contributed by atoms with Crippen molar-refractivity contribution < 1.29 is 23.1 Å². The first kappa shape index (κ1) is 16.9. The number of nitrogens with one attached hydrogen (secondary N) is 1. The Morgan fingerprint density at radius 2 is 1.75 bits per heavy atom. The molecule has 116 valence electrons. The lowest BCUT2D eigenvalue weighted by Gasteiger charge is -2.26. The summed E-state index contributed by atoms with van der Waals surface area (Å²) in [4.78, 5) is 22.5. The molecule has 0 heterocycles. The molecule has 0 aromatic carbocycles. The van der Waals surface area contributed by atoms with Crippen molar-refractivity contribution in [1.82, 2.24) is 5.32 Å². The third-order valence-corrected chi connectivity index (χ3v) is 5.26. The number of carboxylic acid groups (broad SMARTS) is 1. The average molecular weight is 305 g/mol. The molecule has 6 nitrogen and oxygen atoms in total. The lowest BCUT2D eigenvalue weighted by molar-refractivity contribution is -0.142. The first-order valence-electron chi connectivity index (χ1n) is 6.92. The number of carboxylic acids is 1. The number of rotatable bonds is 6. The van der Waals surface area contributed by atoms with Crippen LogP contribution in [0.5, 0.6) is 0 Å². The van der Waals surface area contributed by atoms with Crippen LogP contribution in [0.2, 0.25) is 0 Å². The predicted octanol–water partition coefficient (Wildman–Crippen LogP) is 0.817. The SMILES string of the molecule is CC(C)CS(=O)(=O)CC(=O)NC1CCC(C(=O)O)CC1. The van der Waals surface area contributed by atoms with Crippen molar-refractivity contribution in [3.8, 4) is 0 Å². The zero-order valence-corrected chi connectivity index (χ0v) is 12.8. The minimum absolute atomic E-state index is 0.00111. The van der Waals surface area contributed by atoms with Gasteiger partial charge in [0.2, 0.25) is 5.91 Å². The zero-order chi connectivity index (χ0) is 15.3. The molecule has 1 aliphatic carbocycles. The highest BCUT2D eigenvalue weighted by Gasteiger charge is 2.27. The number of hydrogen-bond donors (Lipinski definition) is 2. The molecule has 1 rings (SSSR count). The van der Waals surface area contributed by atoms with Gasteiger partial charge < -0.3 is 10.4 Å². The Labute approximate surface area is 119 Å². The molecular formula is C13H23NO5S. The molecule has 7 heteroatoms. The highest BCUT2D eigenvalue weighted by molar-refractivity contribution is 7.92. The van der Waals surface area contributed by atoms with Gasteiger partial charge in [0, 0.05) is 6.04 Å². The Kier molecular flexibility index (Phi) is 5.98. The molecule has 0 bridgehead atoms. The van der Waals surface area contributed by atoms with Crippen LogP contribution in [0.4, 0.5) is 0 Å². The van der Waals surface area contributed by atoms with Crippen LogP contribution >= 0.6 is 0 Å². The summed E-state index contributed by atoms with van der Waals surface area (Å²) in [6.07, 6.45) is 2.23. The minimum atomic E-state index is -3.36. The Balaban J connectivity index is 2.39. The fourth-order valence-electron chi connectivity index (χ4n) is 2.52. The Hall–Kier alpha value is -1.11. The van der Waals surface area contributed by atoms with E-state index in [2.05, 4.69) is 5.32 Å². The number of hydrogen-bond acceptors (Lipinski definition) is 4. The van der Waals surface area contributed by atoms with Crippen molar-refractivity contribution in [3.63, 3.8) is 0 Å². The molecule has 1 aliphatic rings. The molecule has 0 spiro atoms. The number of amides is 1. The highest BCUT2D eigenvalue weighted by Crippen LogP contribution is 2.24. The quantitative estimate of drug-likeness (QED) is 0.756. The van der Waals surface area contributed by atoms with E-state index in [9.17, 15) is 18.0 Å². The van der Waals surface area contributed by atoms with E-state index in [0.29, 0.717) is 25.7 Å². The maximum Gasteiger partial charge on any atom is 0.306 e. The van der Waals surface area contributed by atoms with Crippen LogP contribution in [0.25, 0.3) is 0 Å². The van der Waals surface area contributed by atoms with Crippen molar-refractivity contribution >= 4 is 21.7 Å². The molecule has 1 amide bonds. The highest BCUT2D eigenvalue weighted by atomic mass is 32.2. The van der Waals surface area contributed by atoms with Crippen LogP contribution in [0.1, 0.15) is 39.5 Å². The van der Waals surface area contributed by atoms with Gasteiger partial charge in [-0.25, -0.2) is 8.42 Å². The second-order valence-electron chi connectivity index (χ2n) is 5.90. The standard InChI is InChI=1S/C13H23NO5S/c1-9(2)7-20(18,19)8-12(15)14-11-5-3-10(4-6-11)13(16)17/h9-11H,3-8H2,1-2H3,(H,14,15)(H,16,17). The van der Waals surface area contributed by atoms with E-state index in [1.54, 1.807) is 13.8 Å². The second kappa shape index (κ2) is 7.06. The van der Waals surface area contributed by atoms with Gasteiger partial charge in [-0.2, -0.15) is 0 Å². The average Bonchev–Trinajstić information content (AvgIpc) is 2.26. The van der Waals surface area contributed by atoms with Crippen molar-refractivity contribution in [1.29, 1.82) is 0 Å². The number of carbonyl (C=O) groups excluding carboxylic acids is 1. The maximum absolute atomic E-state index is 11.7. The molecule has 0 saturated heterocycles. The van der Waals surface area contributed by atoms with Gasteiger partial charge >= 0.3 is 5.97 Å². The van der Waals surface area contributed by atoms with Gasteiger partial charge in [0.25, 0.3) is 0 Å². The molecule has 0 unspecified atom stereocenters. The van der Waals surface area contributed by atoms with E-state index in [0.717, 1.165) is 0 Å². The van der Waals surface area contributed by atoms with Crippen LogP contribution in [0.15, 0.2) is 0 Å². The monoisotopic (exact) mass is 305 g/mol. The summed E-state index contributed by atoms with van der Waals surface area (Å²) in [7, 11) is -3.36. The lowest BCUT2D eigenvalue weighted by atomic mass is 9.86. The van der Waals surface area contributed by atoms with E-state index in [1.807, 2.05) is 0 Å². The molecule has 1 saturated carbocycles. The number of carbonyl (C=O) groups is 2. The zero-order valence-electron chi connectivity index (χ0n) is 12.0. The Morgan fingerprint density at radius 1 is 1.20 bits per heavy atom. The fourth-order valence-corrected chi connectivity index (χ4v) is 4.14. The minimum Gasteiger partial charge on any atom is -0.481 e. The maximum atomic E-state index is 11.7. The van der Waals surface area contributed by atoms with E-state index in [-0.39, 0.29) is 23.6 Å². The van der Waals surface area contributed by atoms with Gasteiger partial charge in [-0.1, -0.05) is 13.8 Å². The van der Waals surface area contributed by atoms with E-state index in [4.69, 9.17) is 5.11 Å². The summed E-state index contributed by atoms with van der Waals surface area (Å²) in [6.45, 7) is 3.59. The van der Waals surface area contributed by atoms with E-state index in [1.165, 1.54) is 0 Å². The normalized spacial score (nSPS) is 23.6. The van der Waals surface area contributed by atoms with Gasteiger partial charge in [0.15, 0.2) is 9.84 Å². The molecule has 0 radical (unpaired) electrons. The van der Waals surface area contributed by atoms with Crippen LogP contribution in [0.3, 0.4) is 0 Å². The lowest BCUT2D eigenvalue weighted by Crippen LogP contribution is -2.41.